The zero-order valence-corrected chi connectivity index (χ0v) is 16.2. The summed E-state index contributed by atoms with van der Waals surface area (Å²) in [4.78, 5) is 22.8. The van der Waals surface area contributed by atoms with Gasteiger partial charge in [0.25, 0.3) is 5.91 Å². The number of aliphatic hydroxyl groups is 1. The molecule has 0 spiro atoms. The second-order valence-electron chi connectivity index (χ2n) is 8.09. The van der Waals surface area contributed by atoms with Crippen LogP contribution in [0.25, 0.3) is 0 Å². The molecule has 4 N–H and O–H groups in total. The van der Waals surface area contributed by atoms with Gasteiger partial charge in [0.05, 0.1) is 5.56 Å². The molecule has 1 aromatic rings. The Morgan fingerprint density at radius 1 is 1.42 bits per heavy atom. The molecule has 1 saturated heterocycles. The molecule has 1 aliphatic carbocycles. The van der Waals surface area contributed by atoms with Crippen LogP contribution in [-0.2, 0) is 0 Å². The maximum absolute atomic E-state index is 11.8. The summed E-state index contributed by atoms with van der Waals surface area (Å²) >= 11 is 0. The van der Waals surface area contributed by atoms with Gasteiger partial charge in [0.1, 0.15) is 11.5 Å². The maximum Gasteiger partial charge on any atom is 0.254 e. The van der Waals surface area contributed by atoms with Crippen LogP contribution < -0.4 is 16.0 Å². The summed E-state index contributed by atoms with van der Waals surface area (Å²) in [7, 11) is 0. The van der Waals surface area contributed by atoms with Crippen molar-refractivity contribution in [2.45, 2.75) is 83.5 Å². The average Bonchev–Trinajstić information content (AvgIpc) is 3.41. The molecule has 1 aliphatic heterocycles. The number of amides is 1. The molecule has 1 amide bonds. The molecule has 2 unspecified atom stereocenters. The lowest BCUT2D eigenvalue weighted by Gasteiger charge is -2.42. The Balaban J connectivity index is 2.01. The molecule has 144 valence electrons. The number of carbonyl (C=O) groups is 1. The topological polar surface area (TPSA) is 104 Å². The van der Waals surface area contributed by atoms with Crippen LogP contribution in [0.3, 0.4) is 0 Å². The van der Waals surface area contributed by atoms with Crippen LogP contribution in [0.1, 0.15) is 76.6 Å². The van der Waals surface area contributed by atoms with E-state index in [0.717, 1.165) is 12.8 Å². The number of hydrogen-bond donors (Lipinski definition) is 3. The van der Waals surface area contributed by atoms with E-state index in [2.05, 4.69) is 36.1 Å². The SMILES string of the molecule is CCC1(C)CCC(O)(CC)N1c1ncc(C(N)=O)c(N[C@H](C)C2CC2)n1. The summed E-state index contributed by atoms with van der Waals surface area (Å²) in [5.74, 6) is 0.972. The number of rotatable bonds is 7. The third-order valence-electron chi connectivity index (χ3n) is 6.28. The third-order valence-corrected chi connectivity index (χ3v) is 6.28. The predicted molar refractivity (Wildman–Crippen MR) is 102 cm³/mol. The zero-order chi connectivity index (χ0) is 19.1. The van der Waals surface area contributed by atoms with E-state index in [-0.39, 0.29) is 11.6 Å². The van der Waals surface area contributed by atoms with Crippen molar-refractivity contribution in [3.63, 3.8) is 0 Å². The van der Waals surface area contributed by atoms with Gasteiger partial charge >= 0.3 is 0 Å². The first-order chi connectivity index (χ1) is 12.2. The van der Waals surface area contributed by atoms with Gasteiger partial charge in [-0.2, -0.15) is 4.98 Å². The van der Waals surface area contributed by atoms with Gasteiger partial charge in [0, 0.05) is 17.8 Å². The first-order valence-electron chi connectivity index (χ1n) is 9.70. The first kappa shape index (κ1) is 18.9. The molecule has 0 aromatic carbocycles. The van der Waals surface area contributed by atoms with Gasteiger partial charge < -0.3 is 21.1 Å². The lowest BCUT2D eigenvalue weighted by Crippen LogP contribution is -2.53. The van der Waals surface area contributed by atoms with E-state index in [0.29, 0.717) is 36.1 Å². The fourth-order valence-electron chi connectivity index (χ4n) is 3.99. The molecule has 7 nitrogen and oxygen atoms in total. The molecule has 2 aliphatic rings. The number of nitrogens with two attached hydrogens (primary N) is 1. The highest BCUT2D eigenvalue weighted by Crippen LogP contribution is 2.45. The van der Waals surface area contributed by atoms with E-state index in [1.807, 2.05) is 11.8 Å². The van der Waals surface area contributed by atoms with Crippen LogP contribution in [-0.4, -0.2) is 38.3 Å². The monoisotopic (exact) mass is 361 g/mol. The second kappa shape index (κ2) is 6.68. The fourth-order valence-corrected chi connectivity index (χ4v) is 3.99. The van der Waals surface area contributed by atoms with E-state index < -0.39 is 11.6 Å². The van der Waals surface area contributed by atoms with E-state index in [4.69, 9.17) is 5.73 Å². The summed E-state index contributed by atoms with van der Waals surface area (Å²) in [6.45, 7) is 8.31. The van der Waals surface area contributed by atoms with Crippen molar-refractivity contribution in [1.29, 1.82) is 0 Å². The molecular formula is C19H31N5O2. The molecule has 2 fully saturated rings. The number of carbonyl (C=O) groups excluding carboxylic acids is 1. The summed E-state index contributed by atoms with van der Waals surface area (Å²) in [6.07, 6.45) is 6.87. The van der Waals surface area contributed by atoms with Crippen molar-refractivity contribution >= 4 is 17.7 Å². The molecule has 2 heterocycles. The fraction of sp³-hybridized carbons (Fsp3) is 0.737. The summed E-state index contributed by atoms with van der Waals surface area (Å²) in [6, 6.07) is 0.219. The van der Waals surface area contributed by atoms with Crippen LogP contribution in [0.4, 0.5) is 11.8 Å². The van der Waals surface area contributed by atoms with E-state index in [9.17, 15) is 9.90 Å². The standard InChI is InChI=1S/C19H31N5O2/c1-5-18(4)9-10-19(26,6-2)24(18)17-21-11-14(15(20)25)16(23-17)22-12(3)13-7-8-13/h11-13,26H,5-10H2,1-4H3,(H2,20,25)(H,21,22,23)/t12-,18?,19?/m1/s1. The Kier molecular flexibility index (Phi) is 4.86. The van der Waals surface area contributed by atoms with E-state index in [1.165, 1.54) is 19.0 Å². The minimum atomic E-state index is -0.974. The Morgan fingerprint density at radius 2 is 2.12 bits per heavy atom. The van der Waals surface area contributed by atoms with Crippen molar-refractivity contribution in [3.8, 4) is 0 Å². The highest BCUT2D eigenvalue weighted by molar-refractivity contribution is 5.97. The van der Waals surface area contributed by atoms with Crippen molar-refractivity contribution in [3.05, 3.63) is 11.8 Å². The van der Waals surface area contributed by atoms with Crippen molar-refractivity contribution in [2.75, 3.05) is 10.2 Å². The number of nitrogens with one attached hydrogen (secondary N) is 1. The van der Waals surface area contributed by atoms with Crippen LogP contribution in [0.5, 0.6) is 0 Å². The van der Waals surface area contributed by atoms with Crippen molar-refractivity contribution in [1.82, 2.24) is 9.97 Å². The minimum absolute atomic E-state index is 0.219. The smallest absolute Gasteiger partial charge is 0.254 e. The number of nitrogens with zero attached hydrogens (tertiary/aromatic N) is 3. The van der Waals surface area contributed by atoms with Gasteiger partial charge in [0.15, 0.2) is 0 Å². The Hall–Kier alpha value is -1.89. The molecular weight excluding hydrogens is 330 g/mol. The number of primary amides is 1. The van der Waals surface area contributed by atoms with Gasteiger partial charge in [-0.25, -0.2) is 4.98 Å². The van der Waals surface area contributed by atoms with Gasteiger partial charge in [0.2, 0.25) is 5.95 Å². The summed E-state index contributed by atoms with van der Waals surface area (Å²) in [5, 5.41) is 14.5. The van der Waals surface area contributed by atoms with Crippen LogP contribution in [0.2, 0.25) is 0 Å². The first-order valence-corrected chi connectivity index (χ1v) is 9.70. The van der Waals surface area contributed by atoms with Gasteiger partial charge in [-0.3, -0.25) is 4.79 Å². The lowest BCUT2D eigenvalue weighted by molar-refractivity contribution is 0.0392. The lowest BCUT2D eigenvalue weighted by atomic mass is 9.96. The molecule has 7 heteroatoms. The maximum atomic E-state index is 11.8. The van der Waals surface area contributed by atoms with Crippen molar-refractivity contribution < 1.29 is 9.90 Å². The molecule has 1 aromatic heterocycles. The number of hydrogen-bond acceptors (Lipinski definition) is 6. The van der Waals surface area contributed by atoms with Gasteiger partial charge in [-0.05, 0) is 58.3 Å². The Bertz CT molecular complexity index is 675. The van der Waals surface area contributed by atoms with Crippen LogP contribution >= 0.6 is 0 Å². The zero-order valence-electron chi connectivity index (χ0n) is 16.2. The van der Waals surface area contributed by atoms with Crippen LogP contribution in [0.15, 0.2) is 6.20 Å². The minimum Gasteiger partial charge on any atom is -0.371 e. The molecule has 3 atom stereocenters. The highest BCUT2D eigenvalue weighted by atomic mass is 16.3. The largest absolute Gasteiger partial charge is 0.371 e. The molecule has 1 saturated carbocycles. The van der Waals surface area contributed by atoms with Gasteiger partial charge in [-0.1, -0.05) is 13.8 Å². The molecule has 0 bridgehead atoms. The number of aromatic nitrogens is 2. The Morgan fingerprint density at radius 3 is 2.65 bits per heavy atom. The summed E-state index contributed by atoms with van der Waals surface area (Å²) < 4.78 is 0. The predicted octanol–water partition coefficient (Wildman–Crippen LogP) is 2.65. The summed E-state index contributed by atoms with van der Waals surface area (Å²) in [5.41, 5.74) is 4.62. The molecule has 0 radical (unpaired) electrons. The van der Waals surface area contributed by atoms with Crippen molar-refractivity contribution in [2.24, 2.45) is 11.7 Å². The normalized spacial score (nSPS) is 29.7. The number of anilines is 2. The average molecular weight is 361 g/mol. The second-order valence-corrected chi connectivity index (χ2v) is 8.09. The molecule has 3 rings (SSSR count). The quantitative estimate of drug-likeness (QED) is 0.690. The van der Waals surface area contributed by atoms with E-state index >= 15 is 0 Å². The highest BCUT2D eigenvalue weighted by Gasteiger charge is 2.51. The van der Waals surface area contributed by atoms with E-state index in [1.54, 1.807) is 0 Å². The third kappa shape index (κ3) is 3.24. The molecule has 26 heavy (non-hydrogen) atoms. The van der Waals surface area contributed by atoms with Crippen LogP contribution in [0, 0.1) is 5.92 Å². The van der Waals surface area contributed by atoms with Gasteiger partial charge in [-0.15, -0.1) is 0 Å². The Labute approximate surface area is 155 Å².